The van der Waals surface area contributed by atoms with Crippen molar-refractivity contribution < 1.29 is 9.90 Å². The molecule has 0 bridgehead atoms. The molecule has 0 aliphatic carbocycles. The lowest BCUT2D eigenvalue weighted by Crippen LogP contribution is -2.34. The van der Waals surface area contributed by atoms with Crippen LogP contribution in [0.3, 0.4) is 0 Å². The lowest BCUT2D eigenvalue weighted by atomic mass is 10.1. The Hall–Kier alpha value is -0.870. The van der Waals surface area contributed by atoms with Crippen LogP contribution in [-0.2, 0) is 0 Å². The topological polar surface area (TPSA) is 40.5 Å². The number of aliphatic hydroxyl groups excluding tert-OH is 1. The van der Waals surface area contributed by atoms with Crippen LogP contribution in [0.4, 0.5) is 0 Å². The largest absolute Gasteiger partial charge is 0.395 e. The van der Waals surface area contributed by atoms with Gasteiger partial charge in [-0.05, 0) is 31.0 Å². The molecule has 0 radical (unpaired) electrons. The van der Waals surface area contributed by atoms with Crippen LogP contribution < -0.4 is 0 Å². The molecule has 0 saturated heterocycles. The van der Waals surface area contributed by atoms with Crippen LogP contribution >= 0.6 is 15.9 Å². The van der Waals surface area contributed by atoms with Gasteiger partial charge < -0.3 is 10.0 Å². The van der Waals surface area contributed by atoms with Crippen LogP contribution in [0.25, 0.3) is 0 Å². The molecular weight excluding hydrogens is 318 g/mol. The van der Waals surface area contributed by atoms with Gasteiger partial charge in [0, 0.05) is 23.1 Å². The summed E-state index contributed by atoms with van der Waals surface area (Å²) < 4.78 is 0.943. The maximum atomic E-state index is 12.5. The zero-order chi connectivity index (χ0) is 15.0. The summed E-state index contributed by atoms with van der Waals surface area (Å²) in [6.07, 6.45) is 4.49. The Labute approximate surface area is 130 Å². The van der Waals surface area contributed by atoms with Crippen molar-refractivity contribution in [2.24, 2.45) is 0 Å². The van der Waals surface area contributed by atoms with Crippen molar-refractivity contribution in [1.82, 2.24) is 4.90 Å². The fraction of sp³-hybridized carbons (Fsp3) is 0.562. The van der Waals surface area contributed by atoms with Gasteiger partial charge in [0.05, 0.1) is 6.61 Å². The highest BCUT2D eigenvalue weighted by Gasteiger charge is 2.15. The third-order valence-corrected chi connectivity index (χ3v) is 4.21. The standard InChI is InChI=1S/C16H24BrNO2/c1-3-4-5-6-9-18(10-11-19)16(20)14-8-7-13(2)15(17)12-14/h7-8,12,19H,3-6,9-11H2,1-2H3. The number of rotatable bonds is 8. The first-order valence-electron chi connectivity index (χ1n) is 7.26. The van der Waals surface area contributed by atoms with E-state index in [4.69, 9.17) is 5.11 Å². The first-order chi connectivity index (χ1) is 9.60. The second kappa shape index (κ2) is 9.14. The number of carbonyl (C=O) groups excluding carboxylic acids is 1. The number of unbranched alkanes of at least 4 members (excludes halogenated alkanes) is 3. The van der Waals surface area contributed by atoms with Crippen molar-refractivity contribution in [3.05, 3.63) is 33.8 Å². The molecule has 0 fully saturated rings. The Morgan fingerprint density at radius 3 is 2.60 bits per heavy atom. The number of hydrogen-bond acceptors (Lipinski definition) is 2. The van der Waals surface area contributed by atoms with Crippen LogP contribution in [0.1, 0.15) is 48.5 Å². The summed E-state index contributed by atoms with van der Waals surface area (Å²) in [5.41, 5.74) is 1.78. The zero-order valence-electron chi connectivity index (χ0n) is 12.4. The first kappa shape index (κ1) is 17.2. The molecule has 0 saturated carbocycles. The summed E-state index contributed by atoms with van der Waals surface area (Å²) in [6.45, 7) is 5.28. The fourth-order valence-electron chi connectivity index (χ4n) is 2.07. The Morgan fingerprint density at radius 1 is 1.25 bits per heavy atom. The molecule has 1 aromatic carbocycles. The van der Waals surface area contributed by atoms with Crippen LogP contribution in [0.2, 0.25) is 0 Å². The van der Waals surface area contributed by atoms with Crippen molar-refractivity contribution in [2.75, 3.05) is 19.7 Å². The molecule has 3 nitrogen and oxygen atoms in total. The lowest BCUT2D eigenvalue weighted by Gasteiger charge is -2.22. The van der Waals surface area contributed by atoms with E-state index < -0.39 is 0 Å². The molecule has 0 atom stereocenters. The zero-order valence-corrected chi connectivity index (χ0v) is 13.9. The highest BCUT2D eigenvalue weighted by Crippen LogP contribution is 2.19. The van der Waals surface area contributed by atoms with Crippen molar-refractivity contribution >= 4 is 21.8 Å². The summed E-state index contributed by atoms with van der Waals surface area (Å²) in [6, 6.07) is 5.64. The molecule has 1 rings (SSSR count). The first-order valence-corrected chi connectivity index (χ1v) is 8.05. The average Bonchev–Trinajstić information content (AvgIpc) is 2.44. The summed E-state index contributed by atoms with van der Waals surface area (Å²) in [4.78, 5) is 14.2. The Balaban J connectivity index is 2.69. The van der Waals surface area contributed by atoms with Gasteiger partial charge in [-0.3, -0.25) is 4.79 Å². The van der Waals surface area contributed by atoms with E-state index >= 15 is 0 Å². The second-order valence-corrected chi connectivity index (χ2v) is 5.89. The fourth-order valence-corrected chi connectivity index (χ4v) is 2.45. The van der Waals surface area contributed by atoms with Crippen LogP contribution in [0, 0.1) is 6.92 Å². The van der Waals surface area contributed by atoms with Gasteiger partial charge in [-0.15, -0.1) is 0 Å². The monoisotopic (exact) mass is 341 g/mol. The SMILES string of the molecule is CCCCCCN(CCO)C(=O)c1ccc(C)c(Br)c1. The van der Waals surface area contributed by atoms with Crippen molar-refractivity contribution in [3.8, 4) is 0 Å². The molecule has 112 valence electrons. The highest BCUT2D eigenvalue weighted by molar-refractivity contribution is 9.10. The smallest absolute Gasteiger partial charge is 0.253 e. The molecule has 0 spiro atoms. The minimum Gasteiger partial charge on any atom is -0.395 e. The van der Waals surface area contributed by atoms with Gasteiger partial charge in [0.2, 0.25) is 0 Å². The Morgan fingerprint density at radius 2 is 2.00 bits per heavy atom. The number of carbonyl (C=O) groups is 1. The Bertz CT molecular complexity index is 434. The van der Waals surface area contributed by atoms with Crippen molar-refractivity contribution in [3.63, 3.8) is 0 Å². The van der Waals surface area contributed by atoms with Gasteiger partial charge in [0.25, 0.3) is 5.91 Å². The predicted molar refractivity (Wildman–Crippen MR) is 86.0 cm³/mol. The molecule has 0 heterocycles. The van der Waals surface area contributed by atoms with E-state index in [1.165, 1.54) is 12.8 Å². The van der Waals surface area contributed by atoms with E-state index in [-0.39, 0.29) is 12.5 Å². The van der Waals surface area contributed by atoms with E-state index in [1.54, 1.807) is 4.90 Å². The molecule has 1 N–H and O–H groups in total. The number of nitrogens with zero attached hydrogens (tertiary/aromatic N) is 1. The Kier molecular flexibility index (Phi) is 7.85. The summed E-state index contributed by atoms with van der Waals surface area (Å²) in [7, 11) is 0. The van der Waals surface area contributed by atoms with Gasteiger partial charge in [-0.25, -0.2) is 0 Å². The number of aliphatic hydroxyl groups is 1. The predicted octanol–water partition coefficient (Wildman–Crippen LogP) is 3.77. The van der Waals surface area contributed by atoms with Crippen molar-refractivity contribution in [1.29, 1.82) is 0 Å². The number of benzene rings is 1. The van der Waals surface area contributed by atoms with Gasteiger partial charge in [-0.1, -0.05) is 48.2 Å². The van der Waals surface area contributed by atoms with Gasteiger partial charge in [-0.2, -0.15) is 0 Å². The van der Waals surface area contributed by atoms with Gasteiger partial charge >= 0.3 is 0 Å². The summed E-state index contributed by atoms with van der Waals surface area (Å²) in [5.74, 6) is -0.00347. The third kappa shape index (κ3) is 5.25. The molecule has 0 aliphatic rings. The summed E-state index contributed by atoms with van der Waals surface area (Å²) in [5, 5.41) is 9.13. The van der Waals surface area contributed by atoms with Gasteiger partial charge in [0.15, 0.2) is 0 Å². The number of aryl methyl sites for hydroxylation is 1. The minimum absolute atomic E-state index is 0.00347. The van der Waals surface area contributed by atoms with E-state index in [9.17, 15) is 4.79 Å². The number of halogens is 1. The van der Waals surface area contributed by atoms with Crippen LogP contribution in [0.5, 0.6) is 0 Å². The number of amides is 1. The van der Waals surface area contributed by atoms with Gasteiger partial charge in [0.1, 0.15) is 0 Å². The molecule has 20 heavy (non-hydrogen) atoms. The molecule has 0 aliphatic heterocycles. The average molecular weight is 342 g/mol. The van der Waals surface area contributed by atoms with Crippen LogP contribution in [0.15, 0.2) is 22.7 Å². The molecule has 1 aromatic rings. The highest BCUT2D eigenvalue weighted by atomic mass is 79.9. The van der Waals surface area contributed by atoms with E-state index in [2.05, 4.69) is 22.9 Å². The maximum Gasteiger partial charge on any atom is 0.253 e. The molecule has 0 unspecified atom stereocenters. The normalized spacial score (nSPS) is 10.6. The minimum atomic E-state index is -0.00347. The molecule has 4 heteroatoms. The lowest BCUT2D eigenvalue weighted by molar-refractivity contribution is 0.0718. The molecule has 0 aromatic heterocycles. The second-order valence-electron chi connectivity index (χ2n) is 5.04. The molecule has 1 amide bonds. The van der Waals surface area contributed by atoms with E-state index in [0.29, 0.717) is 18.7 Å². The molecular formula is C16H24BrNO2. The quantitative estimate of drug-likeness (QED) is 0.731. The summed E-state index contributed by atoms with van der Waals surface area (Å²) >= 11 is 3.46. The third-order valence-electron chi connectivity index (χ3n) is 3.36. The maximum absolute atomic E-state index is 12.5. The van der Waals surface area contributed by atoms with Crippen LogP contribution in [-0.4, -0.2) is 35.6 Å². The van der Waals surface area contributed by atoms with E-state index in [1.807, 2.05) is 25.1 Å². The van der Waals surface area contributed by atoms with E-state index in [0.717, 1.165) is 22.9 Å². The number of hydrogen-bond donors (Lipinski definition) is 1. The van der Waals surface area contributed by atoms with Crippen molar-refractivity contribution in [2.45, 2.75) is 39.5 Å².